The molecule has 1 fully saturated rings. The molecule has 82 valence electrons. The van der Waals surface area contributed by atoms with Crippen LogP contribution in [0.15, 0.2) is 6.07 Å². The molecule has 0 bridgehead atoms. The predicted octanol–water partition coefficient (Wildman–Crippen LogP) is 2.26. The van der Waals surface area contributed by atoms with Gasteiger partial charge in [0, 0.05) is 11.7 Å². The molecular formula is C13H15N3. The average molecular weight is 213 g/mol. The van der Waals surface area contributed by atoms with Crippen molar-refractivity contribution in [3.8, 4) is 6.07 Å². The Bertz CT molecular complexity index is 473. The van der Waals surface area contributed by atoms with E-state index in [1.807, 2.05) is 6.07 Å². The van der Waals surface area contributed by atoms with Crippen molar-refractivity contribution >= 4 is 5.82 Å². The molecule has 3 nitrogen and oxygen atoms in total. The fraction of sp³-hybridized carbons (Fsp3) is 0.538. The summed E-state index contributed by atoms with van der Waals surface area (Å²) in [5.41, 5.74) is 3.17. The number of aryl methyl sites for hydroxylation is 2. The van der Waals surface area contributed by atoms with Gasteiger partial charge in [0.05, 0.1) is 5.56 Å². The number of anilines is 1. The van der Waals surface area contributed by atoms with E-state index >= 15 is 0 Å². The molecule has 2 atom stereocenters. The first-order valence-electron chi connectivity index (χ1n) is 5.97. The van der Waals surface area contributed by atoms with E-state index in [1.165, 1.54) is 24.1 Å². The number of nitrogens with one attached hydrogen (secondary N) is 1. The number of aromatic nitrogens is 1. The smallest absolute Gasteiger partial charge is 0.144 e. The minimum atomic E-state index is 0.527. The quantitative estimate of drug-likeness (QED) is 0.819. The van der Waals surface area contributed by atoms with E-state index in [0.717, 1.165) is 24.6 Å². The summed E-state index contributed by atoms with van der Waals surface area (Å²) in [6.45, 7) is 2.22. The van der Waals surface area contributed by atoms with Crippen LogP contribution in [0.5, 0.6) is 0 Å². The molecular weight excluding hydrogens is 198 g/mol. The van der Waals surface area contributed by atoms with Crippen LogP contribution in [0, 0.1) is 17.2 Å². The molecule has 2 aliphatic carbocycles. The summed E-state index contributed by atoms with van der Waals surface area (Å²) in [5, 5.41) is 12.5. The third-order valence-corrected chi connectivity index (χ3v) is 3.60. The number of rotatable bonds is 2. The lowest BCUT2D eigenvalue weighted by Gasteiger charge is -2.08. The second-order valence-electron chi connectivity index (χ2n) is 4.92. The lowest BCUT2D eigenvalue weighted by Crippen LogP contribution is -2.08. The molecule has 0 aromatic carbocycles. The Morgan fingerprint density at radius 3 is 3.00 bits per heavy atom. The van der Waals surface area contributed by atoms with Gasteiger partial charge in [0.15, 0.2) is 0 Å². The van der Waals surface area contributed by atoms with Crippen molar-refractivity contribution in [1.29, 1.82) is 5.26 Å². The summed E-state index contributed by atoms with van der Waals surface area (Å²) < 4.78 is 0. The normalized spacial score (nSPS) is 26.0. The first kappa shape index (κ1) is 9.65. The molecule has 0 aliphatic heterocycles. The number of nitriles is 1. The van der Waals surface area contributed by atoms with Crippen LogP contribution in [0.4, 0.5) is 5.82 Å². The van der Waals surface area contributed by atoms with Crippen molar-refractivity contribution in [2.24, 2.45) is 5.92 Å². The fourth-order valence-corrected chi connectivity index (χ4v) is 2.37. The maximum atomic E-state index is 9.12. The Kier molecular flexibility index (Phi) is 2.10. The van der Waals surface area contributed by atoms with Gasteiger partial charge in [-0.05, 0) is 43.2 Å². The zero-order valence-electron chi connectivity index (χ0n) is 9.45. The van der Waals surface area contributed by atoms with E-state index in [0.29, 0.717) is 11.6 Å². The van der Waals surface area contributed by atoms with Crippen LogP contribution >= 0.6 is 0 Å². The van der Waals surface area contributed by atoms with Crippen molar-refractivity contribution in [2.75, 3.05) is 5.32 Å². The number of fused-ring (bicyclic) bond motifs is 1. The van der Waals surface area contributed by atoms with Crippen molar-refractivity contribution < 1.29 is 0 Å². The summed E-state index contributed by atoms with van der Waals surface area (Å²) >= 11 is 0. The number of hydrogen-bond acceptors (Lipinski definition) is 3. The van der Waals surface area contributed by atoms with Crippen molar-refractivity contribution in [2.45, 2.75) is 38.6 Å². The van der Waals surface area contributed by atoms with Crippen LogP contribution in [0.3, 0.4) is 0 Å². The highest BCUT2D eigenvalue weighted by Crippen LogP contribution is 2.34. The summed E-state index contributed by atoms with van der Waals surface area (Å²) in [5.74, 6) is 1.53. The third-order valence-electron chi connectivity index (χ3n) is 3.60. The average Bonchev–Trinajstić information content (AvgIpc) is 2.79. The Morgan fingerprint density at radius 2 is 2.31 bits per heavy atom. The molecule has 3 heteroatoms. The van der Waals surface area contributed by atoms with E-state index in [4.69, 9.17) is 5.26 Å². The summed E-state index contributed by atoms with van der Waals surface area (Å²) in [7, 11) is 0. The molecule has 1 heterocycles. The molecule has 1 aromatic rings. The Labute approximate surface area is 95.5 Å². The van der Waals surface area contributed by atoms with Gasteiger partial charge in [-0.2, -0.15) is 5.26 Å². The number of nitrogens with zero attached hydrogens (tertiary/aromatic N) is 2. The molecule has 0 saturated heterocycles. The Balaban J connectivity index is 1.93. The highest BCUT2D eigenvalue weighted by Gasteiger charge is 2.33. The lowest BCUT2D eigenvalue weighted by atomic mass is 10.1. The molecule has 2 unspecified atom stereocenters. The molecule has 2 aliphatic rings. The zero-order chi connectivity index (χ0) is 11.1. The van der Waals surface area contributed by atoms with Crippen LogP contribution in [0.2, 0.25) is 0 Å². The largest absolute Gasteiger partial charge is 0.366 e. The van der Waals surface area contributed by atoms with E-state index in [-0.39, 0.29) is 0 Å². The number of pyridine rings is 1. The fourth-order valence-electron chi connectivity index (χ4n) is 2.37. The summed E-state index contributed by atoms with van der Waals surface area (Å²) in [4.78, 5) is 4.61. The van der Waals surface area contributed by atoms with Gasteiger partial charge in [0.2, 0.25) is 0 Å². The predicted molar refractivity (Wildman–Crippen MR) is 62.2 cm³/mol. The zero-order valence-corrected chi connectivity index (χ0v) is 9.45. The number of hydrogen-bond donors (Lipinski definition) is 1. The maximum Gasteiger partial charge on any atom is 0.144 e. The SMILES string of the molecule is CC1CC1Nc1nc2c(cc1C#N)CCC2. The molecule has 1 aromatic heterocycles. The summed E-state index contributed by atoms with van der Waals surface area (Å²) in [6.07, 6.45) is 4.52. The van der Waals surface area contributed by atoms with E-state index in [1.54, 1.807) is 0 Å². The second-order valence-corrected chi connectivity index (χ2v) is 4.92. The van der Waals surface area contributed by atoms with Gasteiger partial charge in [0.1, 0.15) is 11.9 Å². The van der Waals surface area contributed by atoms with Gasteiger partial charge in [-0.3, -0.25) is 0 Å². The van der Waals surface area contributed by atoms with Gasteiger partial charge in [-0.1, -0.05) is 6.92 Å². The van der Waals surface area contributed by atoms with Crippen molar-refractivity contribution in [3.63, 3.8) is 0 Å². The van der Waals surface area contributed by atoms with Gasteiger partial charge in [-0.15, -0.1) is 0 Å². The van der Waals surface area contributed by atoms with E-state index in [2.05, 4.69) is 23.3 Å². The molecule has 1 saturated carbocycles. The van der Waals surface area contributed by atoms with E-state index < -0.39 is 0 Å². The van der Waals surface area contributed by atoms with Gasteiger partial charge in [-0.25, -0.2) is 4.98 Å². The maximum absolute atomic E-state index is 9.12. The first-order chi connectivity index (χ1) is 7.78. The Hall–Kier alpha value is -1.56. The minimum absolute atomic E-state index is 0.527. The van der Waals surface area contributed by atoms with E-state index in [9.17, 15) is 0 Å². The van der Waals surface area contributed by atoms with Gasteiger partial charge in [0.25, 0.3) is 0 Å². The molecule has 0 spiro atoms. The standard InChI is InChI=1S/C13H15N3/c1-8-5-12(8)16-13-10(7-14)6-9-3-2-4-11(9)15-13/h6,8,12H,2-5H2,1H3,(H,15,16). The van der Waals surface area contributed by atoms with Gasteiger partial charge < -0.3 is 5.32 Å². The van der Waals surface area contributed by atoms with Crippen LogP contribution in [0.1, 0.15) is 36.6 Å². The monoisotopic (exact) mass is 213 g/mol. The highest BCUT2D eigenvalue weighted by atomic mass is 15.1. The van der Waals surface area contributed by atoms with Crippen LogP contribution in [-0.4, -0.2) is 11.0 Å². The minimum Gasteiger partial charge on any atom is -0.366 e. The van der Waals surface area contributed by atoms with Crippen LogP contribution < -0.4 is 5.32 Å². The molecule has 16 heavy (non-hydrogen) atoms. The van der Waals surface area contributed by atoms with Gasteiger partial charge >= 0.3 is 0 Å². The van der Waals surface area contributed by atoms with Crippen LogP contribution in [0.25, 0.3) is 0 Å². The summed E-state index contributed by atoms with van der Waals surface area (Å²) in [6, 6.07) is 4.79. The molecule has 1 N–H and O–H groups in total. The molecule has 3 rings (SSSR count). The molecule has 0 amide bonds. The Morgan fingerprint density at radius 1 is 1.50 bits per heavy atom. The first-order valence-corrected chi connectivity index (χ1v) is 5.97. The lowest BCUT2D eigenvalue weighted by molar-refractivity contribution is 0.895. The van der Waals surface area contributed by atoms with Crippen molar-refractivity contribution in [3.05, 3.63) is 22.9 Å². The topological polar surface area (TPSA) is 48.7 Å². The molecule has 0 radical (unpaired) electrons. The van der Waals surface area contributed by atoms with Crippen LogP contribution in [-0.2, 0) is 12.8 Å². The second kappa shape index (κ2) is 3.48. The highest BCUT2D eigenvalue weighted by molar-refractivity contribution is 5.56. The third kappa shape index (κ3) is 1.55. The van der Waals surface area contributed by atoms with Crippen molar-refractivity contribution in [1.82, 2.24) is 4.98 Å².